The molecule has 5 heteroatoms. The second kappa shape index (κ2) is 10.4. The lowest BCUT2D eigenvalue weighted by molar-refractivity contribution is -0.133. The van der Waals surface area contributed by atoms with Crippen LogP contribution in [-0.2, 0) is 9.59 Å². The Balaban J connectivity index is 3.48. The van der Waals surface area contributed by atoms with E-state index in [9.17, 15) is 9.59 Å². The van der Waals surface area contributed by atoms with E-state index in [1.54, 1.807) is 0 Å². The van der Waals surface area contributed by atoms with Gasteiger partial charge in [-0.3, -0.25) is 9.59 Å². The van der Waals surface area contributed by atoms with E-state index < -0.39 is 5.97 Å². The quantitative estimate of drug-likeness (QED) is 0.592. The highest BCUT2D eigenvalue weighted by Gasteiger charge is 2.08. The van der Waals surface area contributed by atoms with Crippen LogP contribution in [0.4, 0.5) is 0 Å². The predicted octanol–water partition coefficient (Wildman–Crippen LogP) is 2.28. The molecule has 0 spiro atoms. The molecule has 0 aliphatic carbocycles. The van der Waals surface area contributed by atoms with Crippen molar-refractivity contribution < 1.29 is 14.7 Å². The van der Waals surface area contributed by atoms with Gasteiger partial charge in [0.2, 0.25) is 5.91 Å². The summed E-state index contributed by atoms with van der Waals surface area (Å²) in [5.74, 6) is -0.737. The molecule has 0 aliphatic heterocycles. The lowest BCUT2D eigenvalue weighted by atomic mass is 10.1. The van der Waals surface area contributed by atoms with Gasteiger partial charge in [0.25, 0.3) is 0 Å². The molecule has 0 heterocycles. The van der Waals surface area contributed by atoms with Gasteiger partial charge >= 0.3 is 5.97 Å². The highest BCUT2D eigenvalue weighted by atomic mass is 32.2. The maximum absolute atomic E-state index is 11.4. The van der Waals surface area contributed by atoms with Crippen molar-refractivity contribution in [2.24, 2.45) is 0 Å². The maximum atomic E-state index is 11.4. The van der Waals surface area contributed by atoms with Crippen LogP contribution in [-0.4, -0.2) is 34.5 Å². The number of amides is 1. The summed E-state index contributed by atoms with van der Waals surface area (Å²) in [4.78, 5) is 21.7. The molecule has 0 aromatic heterocycles. The number of carbonyl (C=O) groups is 2. The van der Waals surface area contributed by atoms with Crippen LogP contribution in [0.5, 0.6) is 0 Å². The van der Waals surface area contributed by atoms with Crippen molar-refractivity contribution in [3.63, 3.8) is 0 Å². The van der Waals surface area contributed by atoms with Gasteiger partial charge in [-0.25, -0.2) is 0 Å². The first-order chi connectivity index (χ1) is 8.06. The number of unbranched alkanes of at least 4 members (excludes halogenated alkanes) is 3. The fourth-order valence-corrected chi connectivity index (χ4v) is 2.04. The average Bonchev–Trinajstić information content (AvgIpc) is 2.23. The van der Waals surface area contributed by atoms with E-state index in [-0.39, 0.29) is 23.5 Å². The SMILES string of the molecule is CCCCCCC(C)NC(=O)CSCC(=O)O. The van der Waals surface area contributed by atoms with E-state index in [0.717, 1.165) is 24.6 Å². The molecule has 0 fully saturated rings. The number of hydrogen-bond donors (Lipinski definition) is 2. The summed E-state index contributed by atoms with van der Waals surface area (Å²) in [7, 11) is 0. The Labute approximate surface area is 108 Å². The Hall–Kier alpha value is -0.710. The third-order valence-corrected chi connectivity index (χ3v) is 3.27. The largest absolute Gasteiger partial charge is 0.481 e. The Morgan fingerprint density at radius 2 is 1.94 bits per heavy atom. The van der Waals surface area contributed by atoms with Crippen molar-refractivity contribution in [3.05, 3.63) is 0 Å². The molecule has 100 valence electrons. The lowest BCUT2D eigenvalue weighted by Gasteiger charge is -2.13. The zero-order chi connectivity index (χ0) is 13.1. The van der Waals surface area contributed by atoms with Crippen molar-refractivity contribution >= 4 is 23.6 Å². The first-order valence-electron chi connectivity index (χ1n) is 6.15. The van der Waals surface area contributed by atoms with Gasteiger partial charge in [-0.1, -0.05) is 32.6 Å². The summed E-state index contributed by atoms with van der Waals surface area (Å²) >= 11 is 1.13. The molecule has 0 aromatic carbocycles. The number of aliphatic carboxylic acids is 1. The van der Waals surface area contributed by atoms with E-state index >= 15 is 0 Å². The molecule has 1 atom stereocenters. The van der Waals surface area contributed by atoms with Gasteiger partial charge in [-0.15, -0.1) is 11.8 Å². The third kappa shape index (κ3) is 11.6. The van der Waals surface area contributed by atoms with E-state index in [2.05, 4.69) is 12.2 Å². The van der Waals surface area contributed by atoms with Crippen LogP contribution in [0.3, 0.4) is 0 Å². The number of rotatable bonds is 10. The smallest absolute Gasteiger partial charge is 0.313 e. The summed E-state index contributed by atoms with van der Waals surface area (Å²) in [6.07, 6.45) is 5.80. The summed E-state index contributed by atoms with van der Waals surface area (Å²) in [5, 5.41) is 11.3. The summed E-state index contributed by atoms with van der Waals surface area (Å²) in [6.45, 7) is 4.16. The van der Waals surface area contributed by atoms with Crippen molar-refractivity contribution in [2.45, 2.75) is 52.0 Å². The molecule has 0 bridgehead atoms. The zero-order valence-electron chi connectivity index (χ0n) is 10.7. The summed E-state index contributed by atoms with van der Waals surface area (Å²) in [5.41, 5.74) is 0. The molecular formula is C12H23NO3S. The molecular weight excluding hydrogens is 238 g/mol. The lowest BCUT2D eigenvalue weighted by Crippen LogP contribution is -2.34. The van der Waals surface area contributed by atoms with E-state index in [1.807, 2.05) is 6.92 Å². The molecule has 1 amide bonds. The first-order valence-corrected chi connectivity index (χ1v) is 7.30. The zero-order valence-corrected chi connectivity index (χ0v) is 11.5. The summed E-state index contributed by atoms with van der Waals surface area (Å²) in [6, 6.07) is 0.185. The standard InChI is InChI=1S/C12H23NO3S/c1-3-4-5-6-7-10(2)13-11(14)8-17-9-12(15)16/h10H,3-9H2,1-2H3,(H,13,14)(H,15,16). The van der Waals surface area contributed by atoms with Crippen LogP contribution in [0, 0.1) is 0 Å². The van der Waals surface area contributed by atoms with Crippen LogP contribution < -0.4 is 5.32 Å². The number of carboxylic acids is 1. The van der Waals surface area contributed by atoms with E-state index in [4.69, 9.17) is 5.11 Å². The highest BCUT2D eigenvalue weighted by Crippen LogP contribution is 2.06. The molecule has 17 heavy (non-hydrogen) atoms. The van der Waals surface area contributed by atoms with Crippen LogP contribution in [0.1, 0.15) is 46.0 Å². The highest BCUT2D eigenvalue weighted by molar-refractivity contribution is 8.00. The second-order valence-electron chi connectivity index (χ2n) is 4.20. The Bertz CT molecular complexity index is 234. The molecule has 0 saturated carbocycles. The van der Waals surface area contributed by atoms with Gasteiger partial charge in [-0.05, 0) is 13.3 Å². The number of carboxylic acid groups (broad SMARTS) is 1. The minimum atomic E-state index is -0.879. The van der Waals surface area contributed by atoms with Crippen molar-refractivity contribution in [1.82, 2.24) is 5.32 Å². The van der Waals surface area contributed by atoms with Crippen molar-refractivity contribution in [2.75, 3.05) is 11.5 Å². The van der Waals surface area contributed by atoms with Gasteiger partial charge in [0.1, 0.15) is 0 Å². The van der Waals surface area contributed by atoms with Crippen LogP contribution in [0.15, 0.2) is 0 Å². The second-order valence-corrected chi connectivity index (χ2v) is 5.19. The molecule has 0 saturated heterocycles. The van der Waals surface area contributed by atoms with Crippen LogP contribution >= 0.6 is 11.8 Å². The molecule has 0 aliphatic rings. The molecule has 2 N–H and O–H groups in total. The fourth-order valence-electron chi connectivity index (χ4n) is 1.50. The predicted molar refractivity (Wildman–Crippen MR) is 71.3 cm³/mol. The Kier molecular flexibility index (Phi) is 10.0. The van der Waals surface area contributed by atoms with E-state index in [1.165, 1.54) is 19.3 Å². The fraction of sp³-hybridized carbons (Fsp3) is 0.833. The summed E-state index contributed by atoms with van der Waals surface area (Å²) < 4.78 is 0. The average molecular weight is 261 g/mol. The van der Waals surface area contributed by atoms with Crippen molar-refractivity contribution in [1.29, 1.82) is 0 Å². The normalized spacial score (nSPS) is 12.1. The van der Waals surface area contributed by atoms with Gasteiger partial charge in [0, 0.05) is 6.04 Å². The van der Waals surface area contributed by atoms with Gasteiger partial charge in [-0.2, -0.15) is 0 Å². The van der Waals surface area contributed by atoms with E-state index in [0.29, 0.717) is 0 Å². The Morgan fingerprint density at radius 3 is 2.53 bits per heavy atom. The number of carbonyl (C=O) groups excluding carboxylic acids is 1. The number of hydrogen-bond acceptors (Lipinski definition) is 3. The molecule has 4 nitrogen and oxygen atoms in total. The minimum absolute atomic E-state index is 0.0156. The Morgan fingerprint density at radius 1 is 1.24 bits per heavy atom. The van der Waals surface area contributed by atoms with Gasteiger partial charge in [0.05, 0.1) is 11.5 Å². The molecule has 0 aromatic rings. The molecule has 0 radical (unpaired) electrons. The first kappa shape index (κ1) is 16.3. The van der Waals surface area contributed by atoms with Crippen LogP contribution in [0.25, 0.3) is 0 Å². The number of thioether (sulfide) groups is 1. The van der Waals surface area contributed by atoms with Gasteiger partial charge in [0.15, 0.2) is 0 Å². The molecule has 0 rings (SSSR count). The maximum Gasteiger partial charge on any atom is 0.313 e. The topological polar surface area (TPSA) is 66.4 Å². The number of nitrogens with one attached hydrogen (secondary N) is 1. The monoisotopic (exact) mass is 261 g/mol. The third-order valence-electron chi connectivity index (χ3n) is 2.36. The van der Waals surface area contributed by atoms with Crippen LogP contribution in [0.2, 0.25) is 0 Å². The molecule has 1 unspecified atom stereocenters. The minimum Gasteiger partial charge on any atom is -0.481 e. The van der Waals surface area contributed by atoms with Crippen molar-refractivity contribution in [3.8, 4) is 0 Å². The van der Waals surface area contributed by atoms with Gasteiger partial charge < -0.3 is 10.4 Å².